The number of nitrogens with zero attached hydrogens (tertiary/aromatic N) is 2. The largest absolute Gasteiger partial charge is 0.355 e. The third-order valence-electron chi connectivity index (χ3n) is 12.2. The van der Waals surface area contributed by atoms with Gasteiger partial charge >= 0.3 is 0 Å². The molecule has 0 fully saturated rings. The van der Waals surface area contributed by atoms with Crippen LogP contribution >= 0.6 is 0 Å². The van der Waals surface area contributed by atoms with Crippen LogP contribution in [-0.4, -0.2) is 14.1 Å². The Kier molecular flexibility index (Phi) is 5.97. The Morgan fingerprint density at radius 3 is 1.69 bits per heavy atom. The molecule has 3 nitrogen and oxygen atoms in total. The molecule has 0 aliphatic carbocycles. The van der Waals surface area contributed by atoms with E-state index in [-0.39, 0.29) is 0 Å². The predicted molar refractivity (Wildman–Crippen MR) is 228 cm³/mol. The highest BCUT2D eigenvalue weighted by Crippen LogP contribution is 2.46. The maximum atomic E-state index is 3.72. The molecular weight excluding hydrogens is 655 g/mol. The molecule has 3 aromatic heterocycles. The lowest BCUT2D eigenvalue weighted by molar-refractivity contribution is 0.881. The van der Waals surface area contributed by atoms with Gasteiger partial charge in [-0.1, -0.05) is 97.9 Å². The molecule has 0 spiro atoms. The van der Waals surface area contributed by atoms with Crippen molar-refractivity contribution in [2.75, 3.05) is 0 Å². The van der Waals surface area contributed by atoms with Gasteiger partial charge in [-0.05, 0) is 119 Å². The van der Waals surface area contributed by atoms with Crippen molar-refractivity contribution in [3.63, 3.8) is 0 Å². The van der Waals surface area contributed by atoms with Crippen LogP contribution in [0, 0.1) is 6.92 Å². The topological polar surface area (TPSA) is 25.6 Å². The summed E-state index contributed by atoms with van der Waals surface area (Å²) in [7, 11) is 0. The fraction of sp³-hybridized carbons (Fsp3) is 0.0588. The molecule has 12 rings (SSSR count). The van der Waals surface area contributed by atoms with Crippen LogP contribution in [0.3, 0.4) is 0 Å². The zero-order valence-electron chi connectivity index (χ0n) is 30.1. The van der Waals surface area contributed by atoms with E-state index < -0.39 is 0 Å². The summed E-state index contributed by atoms with van der Waals surface area (Å²) >= 11 is 0. The molecule has 0 amide bonds. The van der Waals surface area contributed by atoms with Crippen LogP contribution in [0.25, 0.3) is 99.0 Å². The highest BCUT2D eigenvalue weighted by Gasteiger charge is 2.27. The lowest BCUT2D eigenvalue weighted by Crippen LogP contribution is -2.11. The van der Waals surface area contributed by atoms with Crippen LogP contribution in [0.15, 0.2) is 164 Å². The summed E-state index contributed by atoms with van der Waals surface area (Å²) in [5, 5.41) is 7.65. The number of aromatic nitrogens is 3. The van der Waals surface area contributed by atoms with E-state index in [1.54, 1.807) is 0 Å². The van der Waals surface area contributed by atoms with Crippen LogP contribution in [0.4, 0.5) is 0 Å². The number of hydrogen-bond donors (Lipinski definition) is 1. The van der Waals surface area contributed by atoms with Gasteiger partial charge in [0.1, 0.15) is 0 Å². The summed E-state index contributed by atoms with van der Waals surface area (Å²) in [5.41, 5.74) is 18.8. The minimum Gasteiger partial charge on any atom is -0.355 e. The smallest absolute Gasteiger partial charge is 0.0579 e. The van der Waals surface area contributed by atoms with Gasteiger partial charge in [-0.25, -0.2) is 0 Å². The molecule has 1 atom stereocenters. The van der Waals surface area contributed by atoms with Crippen LogP contribution in [0.5, 0.6) is 0 Å². The molecule has 0 bridgehead atoms. The average Bonchev–Trinajstić information content (AvgIpc) is 3.87. The zero-order chi connectivity index (χ0) is 35.7. The molecule has 1 aliphatic heterocycles. The Morgan fingerprint density at radius 2 is 0.944 bits per heavy atom. The molecule has 0 saturated carbocycles. The van der Waals surface area contributed by atoms with E-state index in [0.717, 1.165) is 11.0 Å². The molecule has 1 N–H and O–H groups in total. The van der Waals surface area contributed by atoms with Gasteiger partial charge in [0.05, 0.1) is 22.1 Å². The van der Waals surface area contributed by atoms with Gasteiger partial charge in [0, 0.05) is 60.6 Å². The van der Waals surface area contributed by atoms with Crippen molar-refractivity contribution < 1.29 is 0 Å². The molecule has 11 aromatic rings. The Bertz CT molecular complexity index is 3370. The summed E-state index contributed by atoms with van der Waals surface area (Å²) in [6.07, 6.45) is 0. The number of fused-ring (bicyclic) bond motifs is 11. The molecule has 254 valence electrons. The fourth-order valence-corrected chi connectivity index (χ4v) is 9.58. The first kappa shape index (κ1) is 29.7. The Hall–Kier alpha value is -6.84. The summed E-state index contributed by atoms with van der Waals surface area (Å²) in [5.74, 6) is 0.294. The minimum absolute atomic E-state index is 0.294. The molecule has 3 heteroatoms. The molecule has 0 radical (unpaired) electrons. The second-order valence-corrected chi connectivity index (χ2v) is 15.1. The standard InChI is InChI=1S/C51H35N3/c1-30-11-3-7-15-46(30)53-48-17-9-5-13-37(48)42-27-33(21-24-50(42)53)32-19-22-44-40(25-32)41-26-34(20-23-45(41)52-44)35-28-39-31(2)36-12-4-8-16-47(36)54-49-18-10-6-14-38(49)43(29-35)51(39)54/h3-29,31,52H,1-2H3/t31-/m1/s1. The molecular formula is C51H35N3. The number of aryl methyl sites for hydroxylation is 1. The fourth-order valence-electron chi connectivity index (χ4n) is 9.58. The van der Waals surface area contributed by atoms with E-state index in [0.29, 0.717) is 5.92 Å². The van der Waals surface area contributed by atoms with Crippen molar-refractivity contribution in [2.45, 2.75) is 19.8 Å². The maximum Gasteiger partial charge on any atom is 0.0579 e. The number of benzene rings is 8. The molecule has 1 aliphatic rings. The van der Waals surface area contributed by atoms with Gasteiger partial charge in [-0.3, -0.25) is 0 Å². The van der Waals surface area contributed by atoms with Crippen molar-refractivity contribution in [2.24, 2.45) is 0 Å². The number of H-pyrrole nitrogens is 1. The van der Waals surface area contributed by atoms with E-state index in [1.165, 1.54) is 105 Å². The number of hydrogen-bond acceptors (Lipinski definition) is 0. The lowest BCUT2D eigenvalue weighted by Gasteiger charge is -2.26. The molecule has 0 unspecified atom stereocenters. The molecule has 0 saturated heterocycles. The Morgan fingerprint density at radius 1 is 0.407 bits per heavy atom. The van der Waals surface area contributed by atoms with Gasteiger partial charge < -0.3 is 14.1 Å². The molecule has 54 heavy (non-hydrogen) atoms. The normalized spacial score (nSPS) is 13.9. The van der Waals surface area contributed by atoms with E-state index in [2.05, 4.69) is 192 Å². The number of para-hydroxylation sites is 4. The summed E-state index contributed by atoms with van der Waals surface area (Å²) in [6.45, 7) is 4.56. The van der Waals surface area contributed by atoms with Crippen LogP contribution in [0.2, 0.25) is 0 Å². The van der Waals surface area contributed by atoms with Crippen LogP contribution in [0.1, 0.15) is 29.5 Å². The quantitative estimate of drug-likeness (QED) is 0.191. The first-order valence-corrected chi connectivity index (χ1v) is 18.9. The van der Waals surface area contributed by atoms with Crippen molar-refractivity contribution in [3.8, 4) is 33.6 Å². The summed E-state index contributed by atoms with van der Waals surface area (Å²) < 4.78 is 4.90. The third-order valence-corrected chi connectivity index (χ3v) is 12.2. The number of rotatable bonds is 3. The van der Waals surface area contributed by atoms with E-state index in [9.17, 15) is 0 Å². The monoisotopic (exact) mass is 689 g/mol. The second kappa shape index (κ2) is 10.8. The first-order chi connectivity index (χ1) is 26.6. The average molecular weight is 690 g/mol. The molecule has 4 heterocycles. The minimum atomic E-state index is 0.294. The molecule has 8 aromatic carbocycles. The maximum absolute atomic E-state index is 3.72. The highest BCUT2D eigenvalue weighted by atomic mass is 15.0. The van der Waals surface area contributed by atoms with Crippen molar-refractivity contribution in [1.29, 1.82) is 0 Å². The SMILES string of the molecule is Cc1ccccc1-n1c2ccccc2c2cc(-c3ccc4[nH]c5ccc(-c6cc7c8c(c6)c6ccccc6n8-c6ccccc6[C@H]7C)cc5c4c3)ccc21. The summed E-state index contributed by atoms with van der Waals surface area (Å²) in [6, 6.07) is 60.9. The number of nitrogens with one attached hydrogen (secondary N) is 1. The Labute approximate surface area is 312 Å². The predicted octanol–water partition coefficient (Wildman–Crippen LogP) is 13.6. The van der Waals surface area contributed by atoms with Gasteiger partial charge in [0.15, 0.2) is 0 Å². The lowest BCUT2D eigenvalue weighted by atomic mass is 9.85. The van der Waals surface area contributed by atoms with Crippen LogP contribution < -0.4 is 0 Å². The van der Waals surface area contributed by atoms with E-state index in [1.807, 2.05) is 0 Å². The third kappa shape index (κ3) is 4.01. The van der Waals surface area contributed by atoms with Gasteiger partial charge in [0.25, 0.3) is 0 Å². The van der Waals surface area contributed by atoms with Gasteiger partial charge in [-0.2, -0.15) is 0 Å². The van der Waals surface area contributed by atoms with E-state index >= 15 is 0 Å². The highest BCUT2D eigenvalue weighted by molar-refractivity contribution is 6.14. The first-order valence-electron chi connectivity index (χ1n) is 18.9. The van der Waals surface area contributed by atoms with Crippen molar-refractivity contribution in [1.82, 2.24) is 14.1 Å². The van der Waals surface area contributed by atoms with Crippen molar-refractivity contribution in [3.05, 3.63) is 180 Å². The van der Waals surface area contributed by atoms with E-state index in [4.69, 9.17) is 0 Å². The Balaban J connectivity index is 1.02. The summed E-state index contributed by atoms with van der Waals surface area (Å²) in [4.78, 5) is 3.72. The zero-order valence-corrected chi connectivity index (χ0v) is 30.1. The number of aromatic amines is 1. The van der Waals surface area contributed by atoms with Gasteiger partial charge in [-0.15, -0.1) is 0 Å². The van der Waals surface area contributed by atoms with Gasteiger partial charge in [0.2, 0.25) is 0 Å². The van der Waals surface area contributed by atoms with Crippen LogP contribution in [-0.2, 0) is 0 Å². The second-order valence-electron chi connectivity index (χ2n) is 15.1. The van der Waals surface area contributed by atoms with Crippen molar-refractivity contribution >= 4 is 65.4 Å².